The lowest BCUT2D eigenvalue weighted by atomic mass is 10.0. The number of hydrogen-bond acceptors (Lipinski definition) is 6. The van der Waals surface area contributed by atoms with Crippen LogP contribution in [0.25, 0.3) is 0 Å². The Morgan fingerprint density at radius 2 is 1.82 bits per heavy atom. The van der Waals surface area contributed by atoms with E-state index in [2.05, 4.69) is 15.1 Å². The first-order chi connectivity index (χ1) is 13.4. The van der Waals surface area contributed by atoms with Gasteiger partial charge in [0.25, 0.3) is 0 Å². The molecule has 1 aromatic carbocycles. The molecule has 8 heteroatoms. The molecule has 0 spiro atoms. The Morgan fingerprint density at radius 1 is 1.18 bits per heavy atom. The van der Waals surface area contributed by atoms with Crippen molar-refractivity contribution in [1.82, 2.24) is 15.1 Å². The van der Waals surface area contributed by atoms with E-state index in [4.69, 9.17) is 4.74 Å². The third-order valence-electron chi connectivity index (χ3n) is 5.85. The number of fused-ring (bicyclic) bond motifs is 2. The maximum absolute atomic E-state index is 13.0. The third kappa shape index (κ3) is 3.58. The topological polar surface area (TPSA) is 92.4 Å². The molecule has 1 N–H and O–H groups in total. The second-order valence-electron chi connectivity index (χ2n) is 7.80. The normalized spacial score (nSPS) is 25.0. The molecule has 150 valence electrons. The van der Waals surface area contributed by atoms with Crippen molar-refractivity contribution in [1.29, 1.82) is 0 Å². The zero-order chi connectivity index (χ0) is 19.9. The first-order valence-corrected chi connectivity index (χ1v) is 11.2. The van der Waals surface area contributed by atoms with Gasteiger partial charge in [-0.1, -0.05) is 0 Å². The van der Waals surface area contributed by atoms with Crippen LogP contribution in [0, 0.1) is 13.8 Å². The predicted molar refractivity (Wildman–Crippen MR) is 104 cm³/mol. The number of aromatic nitrogens is 2. The summed E-state index contributed by atoms with van der Waals surface area (Å²) in [6.45, 7) is 3.47. The summed E-state index contributed by atoms with van der Waals surface area (Å²) in [5.74, 6) is 0.783. The van der Waals surface area contributed by atoms with Crippen molar-refractivity contribution in [3.63, 3.8) is 0 Å². The number of aryl methyl sites for hydroxylation is 2. The summed E-state index contributed by atoms with van der Waals surface area (Å²) >= 11 is 0. The van der Waals surface area contributed by atoms with E-state index in [0.717, 1.165) is 37.7 Å². The van der Waals surface area contributed by atoms with Gasteiger partial charge in [0.15, 0.2) is 9.84 Å². The van der Waals surface area contributed by atoms with Crippen molar-refractivity contribution in [3.8, 4) is 5.75 Å². The first-order valence-electron chi connectivity index (χ1n) is 9.59. The number of carbonyl (C=O) groups excluding carboxylic acids is 1. The molecule has 4 rings (SSSR count). The molecule has 2 saturated heterocycles. The highest BCUT2D eigenvalue weighted by molar-refractivity contribution is 7.91. The average Bonchev–Trinajstić information content (AvgIpc) is 3.10. The van der Waals surface area contributed by atoms with Gasteiger partial charge in [-0.05, 0) is 63.8 Å². The van der Waals surface area contributed by atoms with Crippen LogP contribution in [0.15, 0.2) is 29.2 Å². The smallest absolute Gasteiger partial charge is 0.195 e. The quantitative estimate of drug-likeness (QED) is 0.746. The van der Waals surface area contributed by atoms with Gasteiger partial charge >= 0.3 is 0 Å². The molecule has 1 aromatic heterocycles. The van der Waals surface area contributed by atoms with Crippen LogP contribution in [-0.4, -0.2) is 53.9 Å². The molecule has 2 aliphatic heterocycles. The third-order valence-corrected chi connectivity index (χ3v) is 7.71. The Morgan fingerprint density at radius 3 is 2.36 bits per heavy atom. The van der Waals surface area contributed by atoms with Crippen LogP contribution in [0.4, 0.5) is 0 Å². The Bertz CT molecular complexity index is 934. The van der Waals surface area contributed by atoms with Crippen LogP contribution in [-0.2, 0) is 9.84 Å². The number of H-pyrrole nitrogens is 1. The van der Waals surface area contributed by atoms with E-state index in [1.165, 1.54) is 0 Å². The fraction of sp³-hybridized carbons (Fsp3) is 0.500. The molecule has 3 heterocycles. The number of benzene rings is 1. The molecule has 2 fully saturated rings. The first kappa shape index (κ1) is 19.1. The SMILES string of the molecule is Cc1n[nH]c(C)c1S(=O)(=O)CN1[C@@H]2CC[C@H]1CC(Oc1ccc(C=O)cc1)C2. The van der Waals surface area contributed by atoms with E-state index in [1.54, 1.807) is 26.0 Å². The molecule has 2 bridgehead atoms. The van der Waals surface area contributed by atoms with Gasteiger partial charge in [-0.2, -0.15) is 5.10 Å². The van der Waals surface area contributed by atoms with Gasteiger partial charge in [0.05, 0.1) is 11.4 Å². The lowest BCUT2D eigenvalue weighted by Gasteiger charge is -2.38. The number of hydrogen-bond donors (Lipinski definition) is 1. The van der Waals surface area contributed by atoms with Gasteiger partial charge in [-0.25, -0.2) is 8.42 Å². The second-order valence-corrected chi connectivity index (χ2v) is 9.70. The van der Waals surface area contributed by atoms with Crippen molar-refractivity contribution in [3.05, 3.63) is 41.2 Å². The summed E-state index contributed by atoms with van der Waals surface area (Å²) in [5.41, 5.74) is 1.75. The van der Waals surface area contributed by atoms with E-state index in [1.807, 2.05) is 12.1 Å². The molecule has 0 saturated carbocycles. The van der Waals surface area contributed by atoms with Crippen LogP contribution >= 0.6 is 0 Å². The number of nitrogens with zero attached hydrogens (tertiary/aromatic N) is 2. The zero-order valence-corrected chi connectivity index (χ0v) is 16.9. The van der Waals surface area contributed by atoms with Gasteiger partial charge in [-0.3, -0.25) is 14.8 Å². The van der Waals surface area contributed by atoms with E-state index in [9.17, 15) is 13.2 Å². The van der Waals surface area contributed by atoms with Crippen molar-refractivity contribution in [2.45, 2.75) is 62.6 Å². The minimum atomic E-state index is -3.43. The number of nitrogens with one attached hydrogen (secondary N) is 1. The highest BCUT2D eigenvalue weighted by atomic mass is 32.2. The standard InChI is InChI=1S/C20H25N3O4S/c1-13-20(14(2)22-21-13)28(25,26)12-23-16-5-6-17(23)10-19(9-16)27-18-7-3-15(11-24)4-8-18/h3-4,7-8,11,16-17,19H,5-6,9-10,12H2,1-2H3,(H,21,22)/t16-,17+,19?. The van der Waals surface area contributed by atoms with Gasteiger partial charge in [0, 0.05) is 17.6 Å². The van der Waals surface area contributed by atoms with E-state index >= 15 is 0 Å². The van der Waals surface area contributed by atoms with E-state index in [-0.39, 0.29) is 24.1 Å². The highest BCUT2D eigenvalue weighted by Crippen LogP contribution is 2.38. The number of ether oxygens (including phenoxy) is 1. The number of rotatable bonds is 6. The van der Waals surface area contributed by atoms with Gasteiger partial charge in [0.2, 0.25) is 0 Å². The predicted octanol–water partition coefficient (Wildman–Crippen LogP) is 2.64. The lowest BCUT2D eigenvalue weighted by Crippen LogP contribution is -2.48. The van der Waals surface area contributed by atoms with Crippen molar-refractivity contribution in [2.24, 2.45) is 0 Å². The Hall–Kier alpha value is -2.19. The van der Waals surface area contributed by atoms with Crippen molar-refractivity contribution >= 4 is 16.1 Å². The summed E-state index contributed by atoms with van der Waals surface area (Å²) < 4.78 is 32.1. The van der Waals surface area contributed by atoms with Gasteiger partial charge in [-0.15, -0.1) is 0 Å². The average molecular weight is 404 g/mol. The Labute approximate surface area is 165 Å². The minimum absolute atomic E-state index is 0.0320. The maximum Gasteiger partial charge on any atom is 0.195 e. The molecule has 0 aliphatic carbocycles. The molecular weight excluding hydrogens is 378 g/mol. The molecular formula is C20H25N3O4S. The molecule has 2 aromatic rings. The molecule has 0 radical (unpaired) electrons. The molecule has 0 amide bonds. The van der Waals surface area contributed by atoms with Crippen molar-refractivity contribution in [2.75, 3.05) is 5.88 Å². The molecule has 2 aliphatic rings. The highest BCUT2D eigenvalue weighted by Gasteiger charge is 2.43. The Kier molecular flexibility index (Phi) is 5.01. The Balaban J connectivity index is 1.44. The lowest BCUT2D eigenvalue weighted by molar-refractivity contribution is 0.0609. The van der Waals surface area contributed by atoms with Crippen LogP contribution in [0.2, 0.25) is 0 Å². The minimum Gasteiger partial charge on any atom is -0.490 e. The fourth-order valence-electron chi connectivity index (χ4n) is 4.61. The second kappa shape index (κ2) is 7.33. The maximum atomic E-state index is 13.0. The molecule has 1 unspecified atom stereocenters. The summed E-state index contributed by atoms with van der Waals surface area (Å²) in [6, 6.07) is 7.53. The molecule has 3 atom stereocenters. The van der Waals surface area contributed by atoms with Crippen molar-refractivity contribution < 1.29 is 17.9 Å². The van der Waals surface area contributed by atoms with Gasteiger partial charge < -0.3 is 4.74 Å². The summed E-state index contributed by atoms with van der Waals surface area (Å²) in [5, 5.41) is 6.81. The van der Waals surface area contributed by atoms with Gasteiger partial charge in [0.1, 0.15) is 28.9 Å². The number of carbonyl (C=O) groups is 1. The number of piperidine rings is 1. The summed E-state index contributed by atoms with van der Waals surface area (Å²) in [4.78, 5) is 13.2. The number of aromatic amines is 1. The van der Waals surface area contributed by atoms with Crippen LogP contribution in [0.1, 0.15) is 47.4 Å². The van der Waals surface area contributed by atoms with Crippen LogP contribution < -0.4 is 4.74 Å². The molecule has 28 heavy (non-hydrogen) atoms. The zero-order valence-electron chi connectivity index (χ0n) is 16.1. The molecule has 7 nitrogen and oxygen atoms in total. The van der Waals surface area contributed by atoms with Crippen LogP contribution in [0.5, 0.6) is 5.75 Å². The number of sulfone groups is 1. The van der Waals surface area contributed by atoms with Crippen LogP contribution in [0.3, 0.4) is 0 Å². The monoisotopic (exact) mass is 403 g/mol. The van der Waals surface area contributed by atoms with E-state index in [0.29, 0.717) is 21.8 Å². The number of aldehydes is 1. The van der Waals surface area contributed by atoms with E-state index < -0.39 is 9.84 Å². The fourth-order valence-corrected chi connectivity index (χ4v) is 6.56. The summed E-state index contributed by atoms with van der Waals surface area (Å²) in [7, 11) is -3.43. The summed E-state index contributed by atoms with van der Waals surface area (Å²) in [6.07, 6.45) is 4.49. The largest absolute Gasteiger partial charge is 0.490 e.